The molecule has 0 N–H and O–H groups in total. The van der Waals surface area contributed by atoms with E-state index in [-0.39, 0.29) is 5.97 Å². The van der Waals surface area contributed by atoms with E-state index < -0.39 is 0 Å². The van der Waals surface area contributed by atoms with E-state index in [1.165, 1.54) is 81.4 Å². The first-order chi connectivity index (χ1) is 14.3. The summed E-state index contributed by atoms with van der Waals surface area (Å²) in [6, 6.07) is 14.4. The van der Waals surface area contributed by atoms with Crippen LogP contribution in [0.2, 0.25) is 0 Å². The molecular formula is C27H40O2. The van der Waals surface area contributed by atoms with E-state index in [4.69, 9.17) is 4.74 Å². The monoisotopic (exact) mass is 396 g/mol. The van der Waals surface area contributed by atoms with Gasteiger partial charge in [-0.2, -0.15) is 0 Å². The zero-order chi connectivity index (χ0) is 20.6. The third kappa shape index (κ3) is 9.96. The molecule has 29 heavy (non-hydrogen) atoms. The normalized spacial score (nSPS) is 11.1. The highest BCUT2D eigenvalue weighted by Gasteiger charge is 2.06. The van der Waals surface area contributed by atoms with Crippen molar-refractivity contribution in [2.75, 3.05) is 0 Å². The van der Waals surface area contributed by atoms with Gasteiger partial charge < -0.3 is 4.74 Å². The Morgan fingerprint density at radius 2 is 1.24 bits per heavy atom. The van der Waals surface area contributed by atoms with Gasteiger partial charge >= 0.3 is 5.97 Å². The fourth-order valence-electron chi connectivity index (χ4n) is 3.94. The third-order valence-electron chi connectivity index (χ3n) is 5.75. The molecule has 0 fully saturated rings. The van der Waals surface area contributed by atoms with Crippen LogP contribution in [-0.2, 0) is 16.1 Å². The Hall–Kier alpha value is -1.83. The van der Waals surface area contributed by atoms with Crippen molar-refractivity contribution in [2.45, 2.75) is 103 Å². The minimum absolute atomic E-state index is 0.0685. The Bertz CT molecular complexity index is 687. The summed E-state index contributed by atoms with van der Waals surface area (Å²) >= 11 is 0. The van der Waals surface area contributed by atoms with Gasteiger partial charge in [0.25, 0.3) is 0 Å². The predicted molar refractivity (Wildman–Crippen MR) is 124 cm³/mol. The molecule has 0 atom stereocenters. The first-order valence-corrected chi connectivity index (χ1v) is 11.9. The van der Waals surface area contributed by atoms with Crippen molar-refractivity contribution in [1.82, 2.24) is 0 Å². The number of rotatable bonds is 16. The van der Waals surface area contributed by atoms with Gasteiger partial charge in [0.05, 0.1) is 0 Å². The molecule has 2 aromatic rings. The van der Waals surface area contributed by atoms with Crippen LogP contribution in [0.15, 0.2) is 42.5 Å². The first-order valence-electron chi connectivity index (χ1n) is 11.9. The van der Waals surface area contributed by atoms with Crippen LogP contribution in [0.25, 0.3) is 10.8 Å². The van der Waals surface area contributed by atoms with Crippen LogP contribution in [0, 0.1) is 0 Å². The maximum absolute atomic E-state index is 12.0. The highest BCUT2D eigenvalue weighted by atomic mass is 16.5. The van der Waals surface area contributed by atoms with E-state index in [0.29, 0.717) is 13.0 Å². The molecule has 0 aromatic heterocycles. The average Bonchev–Trinajstić information content (AvgIpc) is 2.75. The van der Waals surface area contributed by atoms with E-state index in [1.54, 1.807) is 0 Å². The van der Waals surface area contributed by atoms with Crippen molar-refractivity contribution in [2.24, 2.45) is 0 Å². The second kappa shape index (κ2) is 15.1. The number of ether oxygens (including phenoxy) is 1. The Labute approximate surface area is 178 Å². The van der Waals surface area contributed by atoms with Gasteiger partial charge in [0.1, 0.15) is 6.61 Å². The Kier molecular flexibility index (Phi) is 12.2. The predicted octanol–water partition coefficient (Wildman–Crippen LogP) is 8.36. The molecule has 0 unspecified atom stereocenters. The number of carbonyl (C=O) groups excluding carboxylic acids is 1. The number of esters is 1. The van der Waals surface area contributed by atoms with Gasteiger partial charge in [0, 0.05) is 6.42 Å². The van der Waals surface area contributed by atoms with Crippen molar-refractivity contribution >= 4 is 16.7 Å². The van der Waals surface area contributed by atoms with E-state index in [0.717, 1.165) is 18.4 Å². The van der Waals surface area contributed by atoms with E-state index >= 15 is 0 Å². The molecule has 0 saturated heterocycles. The molecule has 0 aliphatic heterocycles. The second-order valence-electron chi connectivity index (χ2n) is 8.29. The second-order valence-corrected chi connectivity index (χ2v) is 8.29. The van der Waals surface area contributed by atoms with Crippen molar-refractivity contribution in [3.8, 4) is 0 Å². The van der Waals surface area contributed by atoms with Gasteiger partial charge in [-0.25, -0.2) is 0 Å². The van der Waals surface area contributed by atoms with Gasteiger partial charge in [0.15, 0.2) is 0 Å². The number of carbonyl (C=O) groups is 1. The van der Waals surface area contributed by atoms with Crippen LogP contribution in [0.4, 0.5) is 0 Å². The highest BCUT2D eigenvalue weighted by molar-refractivity contribution is 5.85. The molecule has 0 saturated carbocycles. The van der Waals surface area contributed by atoms with Gasteiger partial charge in [0.2, 0.25) is 0 Å². The molecule has 160 valence electrons. The first kappa shape index (κ1) is 23.4. The Balaban J connectivity index is 1.44. The molecule has 2 rings (SSSR count). The van der Waals surface area contributed by atoms with Crippen LogP contribution in [-0.4, -0.2) is 5.97 Å². The highest BCUT2D eigenvalue weighted by Crippen LogP contribution is 2.19. The molecule has 0 radical (unpaired) electrons. The fourth-order valence-corrected chi connectivity index (χ4v) is 3.94. The summed E-state index contributed by atoms with van der Waals surface area (Å²) in [5, 5.41) is 2.36. The summed E-state index contributed by atoms with van der Waals surface area (Å²) in [6.45, 7) is 2.65. The van der Waals surface area contributed by atoms with Crippen LogP contribution in [0.3, 0.4) is 0 Å². The van der Waals surface area contributed by atoms with Gasteiger partial charge in [-0.3, -0.25) is 4.79 Å². The van der Waals surface area contributed by atoms with Crippen LogP contribution >= 0.6 is 0 Å². The Morgan fingerprint density at radius 1 is 0.690 bits per heavy atom. The summed E-state index contributed by atoms with van der Waals surface area (Å²) < 4.78 is 5.50. The molecule has 0 aliphatic carbocycles. The van der Waals surface area contributed by atoms with E-state index in [2.05, 4.69) is 25.1 Å². The Morgan fingerprint density at radius 3 is 1.90 bits per heavy atom. The topological polar surface area (TPSA) is 26.3 Å². The van der Waals surface area contributed by atoms with Crippen molar-refractivity contribution in [1.29, 1.82) is 0 Å². The molecule has 0 aliphatic rings. The lowest BCUT2D eigenvalue weighted by Gasteiger charge is -2.08. The molecule has 0 amide bonds. The maximum Gasteiger partial charge on any atom is 0.306 e. The SMILES string of the molecule is CCCCCCCCCCCCCCCC(=O)OCc1cccc2ccccc12. The molecule has 0 heterocycles. The molecule has 0 spiro atoms. The van der Waals surface area contributed by atoms with Crippen molar-refractivity contribution < 1.29 is 9.53 Å². The number of hydrogen-bond donors (Lipinski definition) is 0. The quantitative estimate of drug-likeness (QED) is 0.210. The lowest BCUT2D eigenvalue weighted by atomic mass is 10.0. The smallest absolute Gasteiger partial charge is 0.306 e. The minimum Gasteiger partial charge on any atom is -0.461 e. The third-order valence-corrected chi connectivity index (χ3v) is 5.75. The summed E-state index contributed by atoms with van der Waals surface area (Å²) in [7, 11) is 0. The van der Waals surface area contributed by atoms with Crippen LogP contribution in [0.5, 0.6) is 0 Å². The number of unbranched alkanes of at least 4 members (excludes halogenated alkanes) is 12. The lowest BCUT2D eigenvalue weighted by Crippen LogP contribution is -2.04. The number of benzene rings is 2. The zero-order valence-electron chi connectivity index (χ0n) is 18.5. The summed E-state index contributed by atoms with van der Waals surface area (Å²) in [5.74, 6) is -0.0685. The number of hydrogen-bond acceptors (Lipinski definition) is 2. The van der Waals surface area contributed by atoms with Gasteiger partial charge in [-0.05, 0) is 22.8 Å². The van der Waals surface area contributed by atoms with Gasteiger partial charge in [-0.15, -0.1) is 0 Å². The number of fused-ring (bicyclic) bond motifs is 1. The zero-order valence-corrected chi connectivity index (χ0v) is 18.5. The standard InChI is InChI=1S/C27H40O2/c1-2-3-4-5-6-7-8-9-10-11-12-13-14-22-27(28)29-23-25-20-17-19-24-18-15-16-21-26(24)25/h15-21H,2-14,22-23H2,1H3. The fraction of sp³-hybridized carbons (Fsp3) is 0.593. The largest absolute Gasteiger partial charge is 0.461 e. The summed E-state index contributed by atoms with van der Waals surface area (Å²) in [6.07, 6.45) is 17.7. The lowest BCUT2D eigenvalue weighted by molar-refractivity contribution is -0.145. The summed E-state index contributed by atoms with van der Waals surface area (Å²) in [4.78, 5) is 12.0. The van der Waals surface area contributed by atoms with Crippen molar-refractivity contribution in [3.63, 3.8) is 0 Å². The van der Waals surface area contributed by atoms with Crippen LogP contribution in [0.1, 0.15) is 102 Å². The van der Waals surface area contributed by atoms with E-state index in [9.17, 15) is 4.79 Å². The van der Waals surface area contributed by atoms with Crippen molar-refractivity contribution in [3.05, 3.63) is 48.0 Å². The minimum atomic E-state index is -0.0685. The van der Waals surface area contributed by atoms with Crippen LogP contribution < -0.4 is 0 Å². The molecule has 2 aromatic carbocycles. The molecular weight excluding hydrogens is 356 g/mol. The molecule has 0 bridgehead atoms. The van der Waals surface area contributed by atoms with Gasteiger partial charge in [-0.1, -0.05) is 126 Å². The maximum atomic E-state index is 12.0. The van der Waals surface area contributed by atoms with E-state index in [1.807, 2.05) is 24.3 Å². The molecule has 2 nitrogen and oxygen atoms in total. The summed E-state index contributed by atoms with van der Waals surface area (Å²) in [5.41, 5.74) is 1.09. The molecule has 2 heteroatoms. The average molecular weight is 397 g/mol.